The van der Waals surface area contributed by atoms with Gasteiger partial charge in [0, 0.05) is 13.1 Å². The molecule has 5 rings (SSSR count). The van der Waals surface area contributed by atoms with Crippen LogP contribution in [-0.4, -0.2) is 31.7 Å². The first kappa shape index (κ1) is 25.7. The molecule has 196 valence electrons. The Kier molecular flexibility index (Phi) is 7.68. The number of aromatic nitrogens is 3. The van der Waals surface area contributed by atoms with Crippen LogP contribution in [0.5, 0.6) is 0 Å². The minimum Gasteiger partial charge on any atom is -0.350 e. The second-order valence-electron chi connectivity index (χ2n) is 9.04. The van der Waals surface area contributed by atoms with Crippen LogP contribution in [0.3, 0.4) is 0 Å². The summed E-state index contributed by atoms with van der Waals surface area (Å²) in [4.78, 5) is 29.0. The van der Waals surface area contributed by atoms with Gasteiger partial charge in [0.05, 0.1) is 5.52 Å². The van der Waals surface area contributed by atoms with Crippen molar-refractivity contribution in [1.29, 1.82) is 0 Å². The number of nitrogens with one attached hydrogen (secondary N) is 1. The van der Waals surface area contributed by atoms with E-state index < -0.39 is 29.5 Å². The first-order valence-corrected chi connectivity index (χ1v) is 12.4. The molecule has 0 spiro atoms. The maximum Gasteiger partial charge on any atom is 0.247 e. The lowest BCUT2D eigenvalue weighted by molar-refractivity contribution is -0.142. The van der Waals surface area contributed by atoms with E-state index in [2.05, 4.69) is 15.6 Å². The molecular formula is C30H25F2N5O2. The van der Waals surface area contributed by atoms with Gasteiger partial charge in [-0.25, -0.2) is 13.5 Å². The molecule has 0 radical (unpaired) electrons. The van der Waals surface area contributed by atoms with Crippen molar-refractivity contribution in [1.82, 2.24) is 25.2 Å². The van der Waals surface area contributed by atoms with Gasteiger partial charge in [0.15, 0.2) is 0 Å². The van der Waals surface area contributed by atoms with E-state index in [1.807, 2.05) is 42.5 Å². The summed E-state index contributed by atoms with van der Waals surface area (Å²) < 4.78 is 28.9. The molecule has 2 amide bonds. The van der Waals surface area contributed by atoms with Gasteiger partial charge < -0.3 is 10.2 Å². The summed E-state index contributed by atoms with van der Waals surface area (Å²) in [6, 6.07) is 26.7. The Morgan fingerprint density at radius 3 is 2.15 bits per heavy atom. The van der Waals surface area contributed by atoms with E-state index in [-0.39, 0.29) is 19.6 Å². The largest absolute Gasteiger partial charge is 0.350 e. The summed E-state index contributed by atoms with van der Waals surface area (Å²) in [5, 5.41) is 11.1. The Hall–Kier alpha value is -4.92. The third kappa shape index (κ3) is 6.15. The number of rotatable bonds is 9. The van der Waals surface area contributed by atoms with Crippen LogP contribution in [0, 0.1) is 11.6 Å². The van der Waals surface area contributed by atoms with E-state index in [9.17, 15) is 18.4 Å². The lowest BCUT2D eigenvalue weighted by atomic mass is 10.0. The second-order valence-corrected chi connectivity index (χ2v) is 9.04. The fourth-order valence-electron chi connectivity index (χ4n) is 4.36. The highest BCUT2D eigenvalue weighted by molar-refractivity contribution is 5.89. The van der Waals surface area contributed by atoms with Crippen molar-refractivity contribution in [2.75, 3.05) is 0 Å². The van der Waals surface area contributed by atoms with E-state index in [4.69, 9.17) is 0 Å². The number of hydrogen-bond donors (Lipinski definition) is 1. The second kappa shape index (κ2) is 11.6. The van der Waals surface area contributed by atoms with Crippen LogP contribution in [0.25, 0.3) is 11.0 Å². The van der Waals surface area contributed by atoms with E-state index in [0.29, 0.717) is 22.2 Å². The van der Waals surface area contributed by atoms with Gasteiger partial charge >= 0.3 is 0 Å². The molecule has 1 aromatic heterocycles. The molecule has 0 aliphatic rings. The minimum absolute atomic E-state index is 0.00649. The molecule has 0 aliphatic carbocycles. The minimum atomic E-state index is -1.10. The van der Waals surface area contributed by atoms with Crippen molar-refractivity contribution in [2.45, 2.75) is 25.7 Å². The van der Waals surface area contributed by atoms with E-state index in [1.165, 1.54) is 46.0 Å². The number of para-hydroxylation sites is 1. The molecule has 0 aliphatic heterocycles. The van der Waals surface area contributed by atoms with Gasteiger partial charge in [-0.15, -0.1) is 5.10 Å². The molecular weight excluding hydrogens is 500 g/mol. The van der Waals surface area contributed by atoms with Crippen molar-refractivity contribution in [3.63, 3.8) is 0 Å². The third-order valence-electron chi connectivity index (χ3n) is 6.35. The normalized spacial score (nSPS) is 11.7. The lowest BCUT2D eigenvalue weighted by Crippen LogP contribution is -2.44. The fraction of sp³-hybridized carbons (Fsp3) is 0.133. The van der Waals surface area contributed by atoms with E-state index in [0.717, 1.165) is 5.56 Å². The maximum atomic E-state index is 13.9. The highest BCUT2D eigenvalue weighted by Crippen LogP contribution is 2.25. The van der Waals surface area contributed by atoms with Crippen LogP contribution in [0.15, 0.2) is 103 Å². The average molecular weight is 526 g/mol. The SMILES string of the molecule is O=C(NCc1ccccc1)[C@@H](c1ccc(F)cc1)N(Cc1ccc(F)cc1)C(=O)Cn1nnc2ccccc21. The zero-order valence-corrected chi connectivity index (χ0v) is 20.9. The summed E-state index contributed by atoms with van der Waals surface area (Å²) in [7, 11) is 0. The molecule has 9 heteroatoms. The van der Waals surface area contributed by atoms with Crippen LogP contribution < -0.4 is 5.32 Å². The Labute approximate surface area is 223 Å². The van der Waals surface area contributed by atoms with Crippen molar-refractivity contribution in [3.8, 4) is 0 Å². The molecule has 1 atom stereocenters. The number of fused-ring (bicyclic) bond motifs is 1. The smallest absolute Gasteiger partial charge is 0.247 e. The number of halogens is 2. The van der Waals surface area contributed by atoms with E-state index >= 15 is 0 Å². The van der Waals surface area contributed by atoms with Crippen LogP contribution in [0.2, 0.25) is 0 Å². The molecule has 0 fully saturated rings. The number of carbonyl (C=O) groups is 2. The van der Waals surface area contributed by atoms with Gasteiger partial charge in [0.25, 0.3) is 0 Å². The molecule has 39 heavy (non-hydrogen) atoms. The summed E-state index contributed by atoms with van der Waals surface area (Å²) >= 11 is 0. The van der Waals surface area contributed by atoms with Gasteiger partial charge in [0.1, 0.15) is 29.7 Å². The van der Waals surface area contributed by atoms with Gasteiger partial charge in [0.2, 0.25) is 11.8 Å². The highest BCUT2D eigenvalue weighted by Gasteiger charge is 2.32. The number of nitrogens with zero attached hydrogens (tertiary/aromatic N) is 4. The van der Waals surface area contributed by atoms with E-state index in [1.54, 1.807) is 24.3 Å². The fourth-order valence-corrected chi connectivity index (χ4v) is 4.36. The van der Waals surface area contributed by atoms with Crippen LogP contribution >= 0.6 is 0 Å². The van der Waals surface area contributed by atoms with Crippen molar-refractivity contribution < 1.29 is 18.4 Å². The number of benzene rings is 4. The predicted molar refractivity (Wildman–Crippen MR) is 142 cm³/mol. The summed E-state index contributed by atoms with van der Waals surface area (Å²) in [5.41, 5.74) is 3.23. The van der Waals surface area contributed by atoms with Gasteiger partial charge in [-0.2, -0.15) is 0 Å². The standard InChI is InChI=1S/C30H25F2N5O2/c31-24-14-10-22(11-15-24)19-36(28(38)20-37-27-9-5-4-8-26(27)34-35-37)29(23-12-16-25(32)17-13-23)30(39)33-18-21-6-2-1-3-7-21/h1-17,29H,18-20H2,(H,33,39)/t29-/m1/s1. The Morgan fingerprint density at radius 2 is 1.44 bits per heavy atom. The molecule has 1 N–H and O–H groups in total. The predicted octanol–water partition coefficient (Wildman–Crippen LogP) is 4.80. The van der Waals surface area contributed by atoms with Crippen LogP contribution in [0.4, 0.5) is 8.78 Å². The number of carbonyl (C=O) groups excluding carboxylic acids is 2. The molecule has 0 saturated carbocycles. The molecule has 0 unspecified atom stereocenters. The Bertz CT molecular complexity index is 1570. The van der Waals surface area contributed by atoms with Gasteiger partial charge in [-0.05, 0) is 53.1 Å². The molecule has 0 bridgehead atoms. The first-order chi connectivity index (χ1) is 19.0. The summed E-state index contributed by atoms with van der Waals surface area (Å²) in [6.07, 6.45) is 0. The van der Waals surface area contributed by atoms with Crippen LogP contribution in [-0.2, 0) is 29.2 Å². The summed E-state index contributed by atoms with van der Waals surface area (Å²) in [5.74, 6) is -1.74. The zero-order valence-electron chi connectivity index (χ0n) is 20.9. The maximum absolute atomic E-state index is 13.9. The van der Waals surface area contributed by atoms with Crippen LogP contribution in [0.1, 0.15) is 22.7 Å². The molecule has 5 aromatic rings. The third-order valence-corrected chi connectivity index (χ3v) is 6.35. The topological polar surface area (TPSA) is 80.1 Å². The average Bonchev–Trinajstić information content (AvgIpc) is 3.36. The Morgan fingerprint density at radius 1 is 0.795 bits per heavy atom. The quantitative estimate of drug-likeness (QED) is 0.300. The number of amides is 2. The number of hydrogen-bond acceptors (Lipinski definition) is 4. The monoisotopic (exact) mass is 525 g/mol. The van der Waals surface area contributed by atoms with Crippen molar-refractivity contribution in [3.05, 3.63) is 131 Å². The highest BCUT2D eigenvalue weighted by atomic mass is 19.1. The van der Waals surface area contributed by atoms with Crippen molar-refractivity contribution in [2.24, 2.45) is 0 Å². The Balaban J connectivity index is 1.51. The first-order valence-electron chi connectivity index (χ1n) is 12.4. The lowest BCUT2D eigenvalue weighted by Gasteiger charge is -2.31. The molecule has 7 nitrogen and oxygen atoms in total. The summed E-state index contributed by atoms with van der Waals surface area (Å²) in [6.45, 7) is 0.0571. The zero-order chi connectivity index (χ0) is 27.2. The molecule has 0 saturated heterocycles. The molecule has 1 heterocycles. The molecule has 4 aromatic carbocycles. The van der Waals surface area contributed by atoms with Gasteiger partial charge in [-0.1, -0.05) is 71.9 Å². The van der Waals surface area contributed by atoms with Gasteiger partial charge in [-0.3, -0.25) is 9.59 Å². The van der Waals surface area contributed by atoms with Crippen molar-refractivity contribution >= 4 is 22.8 Å².